The van der Waals surface area contributed by atoms with Crippen molar-refractivity contribution in [2.45, 2.75) is 38.6 Å². The molecule has 2 rings (SSSR count). The lowest BCUT2D eigenvalue weighted by molar-refractivity contribution is 0.0904. The third-order valence-electron chi connectivity index (χ3n) is 2.89. The second-order valence-corrected chi connectivity index (χ2v) is 4.24. The van der Waals surface area contributed by atoms with Gasteiger partial charge < -0.3 is 9.73 Å². The molecular formula is C12H17NO2. The lowest BCUT2D eigenvalue weighted by Gasteiger charge is -2.15. The van der Waals surface area contributed by atoms with Gasteiger partial charge in [0.05, 0.1) is 6.26 Å². The van der Waals surface area contributed by atoms with E-state index in [4.69, 9.17) is 4.42 Å². The van der Waals surface area contributed by atoms with Crippen molar-refractivity contribution in [2.75, 3.05) is 0 Å². The first-order valence-electron chi connectivity index (χ1n) is 5.64. The minimum atomic E-state index is -0.0903. The quantitative estimate of drug-likeness (QED) is 0.806. The third-order valence-corrected chi connectivity index (χ3v) is 2.89. The van der Waals surface area contributed by atoms with E-state index in [0.29, 0.717) is 11.8 Å². The first-order valence-corrected chi connectivity index (χ1v) is 5.64. The molecule has 0 spiro atoms. The van der Waals surface area contributed by atoms with Crippen LogP contribution in [0.1, 0.15) is 43.2 Å². The van der Waals surface area contributed by atoms with Crippen LogP contribution in [0.4, 0.5) is 0 Å². The van der Waals surface area contributed by atoms with Gasteiger partial charge in [0.15, 0.2) is 5.76 Å². The van der Waals surface area contributed by atoms with Gasteiger partial charge in [0, 0.05) is 6.04 Å². The minimum absolute atomic E-state index is 0.0903. The Labute approximate surface area is 89.9 Å². The van der Waals surface area contributed by atoms with Crippen LogP contribution in [0.25, 0.3) is 0 Å². The summed E-state index contributed by atoms with van der Waals surface area (Å²) in [5.74, 6) is 1.16. The average molecular weight is 207 g/mol. The van der Waals surface area contributed by atoms with Gasteiger partial charge in [-0.25, -0.2) is 0 Å². The summed E-state index contributed by atoms with van der Waals surface area (Å²) in [6.45, 7) is 2.11. The first kappa shape index (κ1) is 10.3. The molecule has 1 unspecified atom stereocenters. The molecule has 0 bridgehead atoms. The number of furan rings is 1. The molecule has 1 N–H and O–H groups in total. The van der Waals surface area contributed by atoms with Crippen molar-refractivity contribution >= 4 is 5.91 Å². The number of hydrogen-bond donors (Lipinski definition) is 1. The molecule has 0 saturated heterocycles. The molecule has 1 aliphatic rings. The molecule has 1 amide bonds. The molecular weight excluding hydrogens is 190 g/mol. The summed E-state index contributed by atoms with van der Waals surface area (Å²) in [7, 11) is 0. The number of hydrogen-bond acceptors (Lipinski definition) is 2. The highest BCUT2D eigenvalue weighted by molar-refractivity contribution is 5.91. The van der Waals surface area contributed by atoms with Crippen LogP contribution >= 0.6 is 0 Å². The van der Waals surface area contributed by atoms with E-state index in [-0.39, 0.29) is 5.91 Å². The Kier molecular flexibility index (Phi) is 3.09. The zero-order chi connectivity index (χ0) is 10.7. The largest absolute Gasteiger partial charge is 0.459 e. The van der Waals surface area contributed by atoms with Gasteiger partial charge in [-0.15, -0.1) is 0 Å². The van der Waals surface area contributed by atoms with Crippen LogP contribution in [-0.4, -0.2) is 11.9 Å². The van der Waals surface area contributed by atoms with Crippen molar-refractivity contribution in [2.24, 2.45) is 5.92 Å². The Morgan fingerprint density at radius 3 is 3.00 bits per heavy atom. The van der Waals surface area contributed by atoms with E-state index in [9.17, 15) is 4.79 Å². The standard InChI is InChI=1S/C12H17NO2/c1-2-10(8-9-5-6-9)13-12(14)11-4-3-7-15-11/h3-4,7,9-10H,2,5-6,8H2,1H3,(H,13,14). The lowest BCUT2D eigenvalue weighted by atomic mass is 10.1. The molecule has 15 heavy (non-hydrogen) atoms. The van der Waals surface area contributed by atoms with Crippen LogP contribution in [0.2, 0.25) is 0 Å². The van der Waals surface area contributed by atoms with Crippen LogP contribution in [0.3, 0.4) is 0 Å². The van der Waals surface area contributed by atoms with Crippen LogP contribution in [0, 0.1) is 5.92 Å². The minimum Gasteiger partial charge on any atom is -0.459 e. The van der Waals surface area contributed by atoms with Gasteiger partial charge in [0.25, 0.3) is 5.91 Å². The van der Waals surface area contributed by atoms with E-state index < -0.39 is 0 Å². The van der Waals surface area contributed by atoms with Crippen LogP contribution in [-0.2, 0) is 0 Å². The fourth-order valence-electron chi connectivity index (χ4n) is 1.75. The molecule has 3 nitrogen and oxygen atoms in total. The molecule has 82 valence electrons. The SMILES string of the molecule is CCC(CC1CC1)NC(=O)c1ccco1. The Morgan fingerprint density at radius 2 is 2.47 bits per heavy atom. The van der Waals surface area contributed by atoms with Crippen molar-refractivity contribution in [3.05, 3.63) is 24.2 Å². The molecule has 1 saturated carbocycles. The second-order valence-electron chi connectivity index (χ2n) is 4.24. The van der Waals surface area contributed by atoms with Gasteiger partial charge in [-0.2, -0.15) is 0 Å². The number of nitrogens with one attached hydrogen (secondary N) is 1. The van der Waals surface area contributed by atoms with Crippen molar-refractivity contribution < 1.29 is 9.21 Å². The Morgan fingerprint density at radius 1 is 1.67 bits per heavy atom. The normalized spacial score (nSPS) is 17.4. The second kappa shape index (κ2) is 4.51. The Bertz CT molecular complexity index is 314. The third kappa shape index (κ3) is 2.85. The first-order chi connectivity index (χ1) is 7.29. The summed E-state index contributed by atoms with van der Waals surface area (Å²) in [5.41, 5.74) is 0. The molecule has 1 aliphatic carbocycles. The highest BCUT2D eigenvalue weighted by atomic mass is 16.3. The molecule has 1 aromatic rings. The fraction of sp³-hybridized carbons (Fsp3) is 0.583. The number of carbonyl (C=O) groups excluding carboxylic acids is 1. The van der Waals surface area contributed by atoms with Crippen molar-refractivity contribution in [3.63, 3.8) is 0 Å². The average Bonchev–Trinajstić information content (AvgIpc) is 2.88. The van der Waals surface area contributed by atoms with Crippen molar-refractivity contribution in [1.82, 2.24) is 5.32 Å². The maximum Gasteiger partial charge on any atom is 0.287 e. The highest BCUT2D eigenvalue weighted by Gasteiger charge is 2.25. The van der Waals surface area contributed by atoms with Crippen molar-refractivity contribution in [1.29, 1.82) is 0 Å². The topological polar surface area (TPSA) is 42.2 Å². The van der Waals surface area contributed by atoms with Gasteiger partial charge in [0.2, 0.25) is 0 Å². The summed E-state index contributed by atoms with van der Waals surface area (Å²) in [5, 5.41) is 3.01. The maximum atomic E-state index is 11.7. The van der Waals surface area contributed by atoms with Gasteiger partial charge in [-0.1, -0.05) is 19.8 Å². The molecule has 0 aliphatic heterocycles. The monoisotopic (exact) mass is 207 g/mol. The van der Waals surface area contributed by atoms with Gasteiger partial charge in [-0.05, 0) is 30.9 Å². The summed E-state index contributed by atoms with van der Waals surface area (Å²) in [6, 6.07) is 3.73. The lowest BCUT2D eigenvalue weighted by Crippen LogP contribution is -2.34. The number of rotatable bonds is 5. The van der Waals surface area contributed by atoms with E-state index in [0.717, 1.165) is 18.8 Å². The van der Waals surface area contributed by atoms with Gasteiger partial charge >= 0.3 is 0 Å². The highest BCUT2D eigenvalue weighted by Crippen LogP contribution is 2.34. The van der Waals surface area contributed by atoms with Crippen LogP contribution < -0.4 is 5.32 Å². The Balaban J connectivity index is 1.85. The van der Waals surface area contributed by atoms with E-state index in [1.54, 1.807) is 12.1 Å². The summed E-state index contributed by atoms with van der Waals surface area (Å²) in [6.07, 6.45) is 6.28. The molecule has 1 atom stereocenters. The van der Waals surface area contributed by atoms with E-state index >= 15 is 0 Å². The molecule has 0 radical (unpaired) electrons. The molecule has 1 fully saturated rings. The number of amides is 1. The summed E-state index contributed by atoms with van der Waals surface area (Å²) < 4.78 is 5.05. The van der Waals surface area contributed by atoms with E-state index in [2.05, 4.69) is 12.2 Å². The van der Waals surface area contributed by atoms with E-state index in [1.165, 1.54) is 19.1 Å². The van der Waals surface area contributed by atoms with Gasteiger partial charge in [-0.3, -0.25) is 4.79 Å². The van der Waals surface area contributed by atoms with Crippen LogP contribution in [0.5, 0.6) is 0 Å². The smallest absolute Gasteiger partial charge is 0.287 e. The van der Waals surface area contributed by atoms with Crippen LogP contribution in [0.15, 0.2) is 22.8 Å². The summed E-state index contributed by atoms with van der Waals surface area (Å²) >= 11 is 0. The molecule has 1 aromatic heterocycles. The molecule has 1 heterocycles. The molecule has 3 heteroatoms. The predicted molar refractivity (Wildman–Crippen MR) is 57.6 cm³/mol. The van der Waals surface area contributed by atoms with Gasteiger partial charge in [0.1, 0.15) is 0 Å². The zero-order valence-corrected chi connectivity index (χ0v) is 9.03. The maximum absolute atomic E-state index is 11.7. The van der Waals surface area contributed by atoms with E-state index in [1.807, 2.05) is 0 Å². The summed E-state index contributed by atoms with van der Waals surface area (Å²) in [4.78, 5) is 11.7. The number of carbonyl (C=O) groups is 1. The predicted octanol–water partition coefficient (Wildman–Crippen LogP) is 2.59. The zero-order valence-electron chi connectivity index (χ0n) is 9.03. The molecule has 0 aromatic carbocycles. The fourth-order valence-corrected chi connectivity index (χ4v) is 1.75. The Hall–Kier alpha value is -1.25. The van der Waals surface area contributed by atoms with Crippen molar-refractivity contribution in [3.8, 4) is 0 Å².